The third-order valence-electron chi connectivity index (χ3n) is 6.27. The molecule has 2 rings (SSSR count). The topological polar surface area (TPSA) is 66.7 Å². The van der Waals surface area contributed by atoms with Gasteiger partial charge < -0.3 is 15.4 Å². The molecule has 8 heteroatoms. The monoisotopic (exact) mass is 534 g/mol. The number of hydrogen-bond donors (Lipinski definition) is 2. The summed E-state index contributed by atoms with van der Waals surface area (Å²) in [6.45, 7) is 14.3. The normalized spacial score (nSPS) is 16.4. The van der Waals surface area contributed by atoms with Gasteiger partial charge in [-0.05, 0) is 18.8 Å². The average molecular weight is 535 g/mol. The molecule has 1 saturated heterocycles. The van der Waals surface area contributed by atoms with Crippen molar-refractivity contribution in [3.63, 3.8) is 0 Å². The van der Waals surface area contributed by atoms with E-state index in [1.54, 1.807) is 0 Å². The highest BCUT2D eigenvalue weighted by Gasteiger charge is 2.27. The molecular formula is C22H43IN6O. The molecular weight excluding hydrogens is 491 g/mol. The molecule has 1 aliphatic rings. The zero-order valence-electron chi connectivity index (χ0n) is 19.8. The lowest BCUT2D eigenvalue weighted by Gasteiger charge is -2.39. The second-order valence-corrected chi connectivity index (χ2v) is 7.80. The van der Waals surface area contributed by atoms with E-state index in [1.807, 2.05) is 18.8 Å². The fourth-order valence-electron chi connectivity index (χ4n) is 4.52. The predicted octanol–water partition coefficient (Wildman–Crippen LogP) is 2.96. The molecule has 0 saturated carbocycles. The molecule has 0 aliphatic carbocycles. The molecule has 7 nitrogen and oxygen atoms in total. The van der Waals surface area contributed by atoms with Gasteiger partial charge in [-0.1, -0.05) is 40.5 Å². The summed E-state index contributed by atoms with van der Waals surface area (Å²) in [7, 11) is 3.89. The first-order valence-corrected chi connectivity index (χ1v) is 11.4. The number of nitrogens with zero attached hydrogens (tertiary/aromatic N) is 4. The lowest BCUT2D eigenvalue weighted by molar-refractivity contribution is 0.00272. The van der Waals surface area contributed by atoms with E-state index in [0.717, 1.165) is 58.2 Å². The van der Waals surface area contributed by atoms with Gasteiger partial charge >= 0.3 is 0 Å². The van der Waals surface area contributed by atoms with Crippen LogP contribution in [0.3, 0.4) is 0 Å². The highest BCUT2D eigenvalue weighted by Crippen LogP contribution is 2.20. The van der Waals surface area contributed by atoms with E-state index >= 15 is 0 Å². The van der Waals surface area contributed by atoms with Crippen molar-refractivity contribution < 1.29 is 4.74 Å². The lowest BCUT2D eigenvalue weighted by atomic mass is 9.92. The summed E-state index contributed by atoms with van der Waals surface area (Å²) in [6, 6.07) is 0.503. The smallest absolute Gasteiger partial charge is 0.191 e. The maximum absolute atomic E-state index is 5.57. The summed E-state index contributed by atoms with van der Waals surface area (Å²) in [5.41, 5.74) is 3.79. The Bertz CT molecular complexity index is 638. The predicted molar refractivity (Wildman–Crippen MR) is 136 cm³/mol. The van der Waals surface area contributed by atoms with Crippen molar-refractivity contribution >= 4 is 29.9 Å². The summed E-state index contributed by atoms with van der Waals surface area (Å²) in [6.07, 6.45) is 4.33. The number of morpholine rings is 1. The van der Waals surface area contributed by atoms with Gasteiger partial charge in [0.1, 0.15) is 0 Å². The van der Waals surface area contributed by atoms with Gasteiger partial charge in [-0.15, -0.1) is 24.0 Å². The minimum atomic E-state index is 0. The number of aryl methyl sites for hydroxylation is 2. The number of nitrogens with one attached hydrogen (secondary N) is 2. The number of rotatable bonds is 10. The second kappa shape index (κ2) is 14.2. The van der Waals surface area contributed by atoms with Gasteiger partial charge in [0.2, 0.25) is 0 Å². The second-order valence-electron chi connectivity index (χ2n) is 7.80. The van der Waals surface area contributed by atoms with Crippen molar-refractivity contribution in [2.75, 3.05) is 39.9 Å². The Morgan fingerprint density at radius 1 is 1.10 bits per heavy atom. The maximum atomic E-state index is 5.57. The van der Waals surface area contributed by atoms with Crippen LogP contribution in [0.2, 0.25) is 0 Å². The summed E-state index contributed by atoms with van der Waals surface area (Å²) in [4.78, 5) is 7.06. The molecule has 0 spiro atoms. The first-order chi connectivity index (χ1) is 14.1. The third kappa shape index (κ3) is 7.09. The number of aliphatic imine (C=N–C) groups is 1. The minimum absolute atomic E-state index is 0. The number of halogens is 1. The van der Waals surface area contributed by atoms with Crippen molar-refractivity contribution in [3.05, 3.63) is 17.0 Å². The SMILES string of the molecule is CCc1nn(C)c(CC)c1CNC(=NC)NCC(C(CC)CC)N1CCOCC1.I. The van der Waals surface area contributed by atoms with Crippen molar-refractivity contribution in [2.24, 2.45) is 18.0 Å². The zero-order valence-corrected chi connectivity index (χ0v) is 22.2. The fourth-order valence-corrected chi connectivity index (χ4v) is 4.52. The Hall–Kier alpha value is -0.870. The molecule has 30 heavy (non-hydrogen) atoms. The molecule has 1 aliphatic heterocycles. The van der Waals surface area contributed by atoms with Crippen LogP contribution in [0.4, 0.5) is 0 Å². The maximum Gasteiger partial charge on any atom is 0.191 e. The summed E-state index contributed by atoms with van der Waals surface area (Å²) >= 11 is 0. The third-order valence-corrected chi connectivity index (χ3v) is 6.27. The number of guanidine groups is 1. The first-order valence-electron chi connectivity index (χ1n) is 11.4. The number of ether oxygens (including phenoxy) is 1. The van der Waals surface area contributed by atoms with Crippen LogP contribution in [-0.2, 0) is 31.2 Å². The number of hydrogen-bond acceptors (Lipinski definition) is 4. The van der Waals surface area contributed by atoms with Crippen LogP contribution in [0, 0.1) is 5.92 Å². The molecule has 174 valence electrons. The van der Waals surface area contributed by atoms with E-state index in [9.17, 15) is 0 Å². The summed E-state index contributed by atoms with van der Waals surface area (Å²) in [5.74, 6) is 1.54. The molecule has 0 amide bonds. The Morgan fingerprint density at radius 3 is 2.30 bits per heavy atom. The van der Waals surface area contributed by atoms with Gasteiger partial charge in [-0.3, -0.25) is 14.6 Å². The Kier molecular flexibility index (Phi) is 12.9. The van der Waals surface area contributed by atoms with E-state index in [1.165, 1.54) is 29.8 Å². The van der Waals surface area contributed by atoms with E-state index in [2.05, 4.69) is 53.3 Å². The van der Waals surface area contributed by atoms with E-state index < -0.39 is 0 Å². The molecule has 2 heterocycles. The van der Waals surface area contributed by atoms with Gasteiger partial charge in [0.25, 0.3) is 0 Å². The van der Waals surface area contributed by atoms with E-state index in [0.29, 0.717) is 12.0 Å². The van der Waals surface area contributed by atoms with E-state index in [4.69, 9.17) is 4.74 Å². The van der Waals surface area contributed by atoms with Crippen LogP contribution in [0.15, 0.2) is 4.99 Å². The Balaban J connectivity index is 0.00000450. The van der Waals surface area contributed by atoms with Crippen LogP contribution in [-0.4, -0.2) is 66.6 Å². The van der Waals surface area contributed by atoms with Crippen LogP contribution in [0.5, 0.6) is 0 Å². The molecule has 0 bridgehead atoms. The fraction of sp³-hybridized carbons (Fsp3) is 0.818. The van der Waals surface area contributed by atoms with Crippen LogP contribution < -0.4 is 10.6 Å². The van der Waals surface area contributed by atoms with Crippen molar-refractivity contribution in [1.29, 1.82) is 0 Å². The molecule has 1 aromatic heterocycles. The molecule has 1 aromatic rings. The molecule has 1 fully saturated rings. The van der Waals surface area contributed by atoms with Crippen LogP contribution >= 0.6 is 24.0 Å². The molecule has 1 unspecified atom stereocenters. The molecule has 1 atom stereocenters. The molecule has 0 aromatic carbocycles. The average Bonchev–Trinajstić information content (AvgIpc) is 3.08. The number of aromatic nitrogens is 2. The standard InChI is InChI=1S/C22H42N6O.HI/c1-7-17(8-2)21(28-11-13-29-14-12-28)16-25-22(23-5)24-15-18-19(9-3)26-27(6)20(18)10-4;/h17,21H,7-16H2,1-6H3,(H2,23,24,25);1H. The van der Waals surface area contributed by atoms with Gasteiger partial charge in [0, 0.05) is 57.6 Å². The summed E-state index contributed by atoms with van der Waals surface area (Å²) < 4.78 is 7.59. The summed E-state index contributed by atoms with van der Waals surface area (Å²) in [5, 5.41) is 11.8. The van der Waals surface area contributed by atoms with Crippen molar-refractivity contribution in [3.8, 4) is 0 Å². The molecule has 2 N–H and O–H groups in total. The van der Waals surface area contributed by atoms with Gasteiger partial charge in [0.15, 0.2) is 5.96 Å². The zero-order chi connectivity index (χ0) is 21.2. The quantitative estimate of drug-likeness (QED) is 0.275. The minimum Gasteiger partial charge on any atom is -0.379 e. The van der Waals surface area contributed by atoms with Crippen LogP contribution in [0.25, 0.3) is 0 Å². The van der Waals surface area contributed by atoms with Gasteiger partial charge in [0.05, 0.1) is 18.9 Å². The highest BCUT2D eigenvalue weighted by atomic mass is 127. The molecule has 0 radical (unpaired) electrons. The van der Waals surface area contributed by atoms with Crippen LogP contribution in [0.1, 0.15) is 57.5 Å². The van der Waals surface area contributed by atoms with E-state index in [-0.39, 0.29) is 24.0 Å². The van der Waals surface area contributed by atoms with Crippen molar-refractivity contribution in [1.82, 2.24) is 25.3 Å². The largest absolute Gasteiger partial charge is 0.379 e. The Labute approximate surface area is 200 Å². The Morgan fingerprint density at radius 2 is 1.77 bits per heavy atom. The van der Waals surface area contributed by atoms with Gasteiger partial charge in [-0.2, -0.15) is 5.10 Å². The van der Waals surface area contributed by atoms with Gasteiger partial charge in [-0.25, -0.2) is 0 Å². The van der Waals surface area contributed by atoms with Crippen molar-refractivity contribution in [2.45, 2.75) is 66.0 Å². The highest BCUT2D eigenvalue weighted by molar-refractivity contribution is 14.0. The lowest BCUT2D eigenvalue weighted by Crippen LogP contribution is -2.53. The first kappa shape index (κ1) is 27.2.